The van der Waals surface area contributed by atoms with Gasteiger partial charge in [0.05, 0.1) is 22.3 Å². The zero-order chi connectivity index (χ0) is 18.0. The molecule has 0 aliphatic heterocycles. The van der Waals surface area contributed by atoms with E-state index in [0.29, 0.717) is 0 Å². The third-order valence-corrected chi connectivity index (χ3v) is 3.31. The normalized spacial score (nSPS) is 10.2. The van der Waals surface area contributed by atoms with Gasteiger partial charge < -0.3 is 20.4 Å². The molecule has 0 aromatic heterocycles. The van der Waals surface area contributed by atoms with E-state index >= 15 is 0 Å². The van der Waals surface area contributed by atoms with Crippen molar-refractivity contribution < 1.29 is 39.6 Å². The standard InChI is InChI=1S/C16H10O8/c17-13(18)8-4-2-1-3-7(8)11-9(14(19)20)5-6-10(15(21)22)12(11)16(23)24/h1-6H,(H,17,18)(H,19,20)(H,21,22)(H,23,24). The van der Waals surface area contributed by atoms with Gasteiger partial charge in [0.25, 0.3) is 0 Å². The summed E-state index contributed by atoms with van der Waals surface area (Å²) < 4.78 is 0. The fourth-order valence-electron chi connectivity index (χ4n) is 2.35. The minimum atomic E-state index is -1.68. The fraction of sp³-hybridized carbons (Fsp3) is 0. The minimum Gasteiger partial charge on any atom is -0.478 e. The molecule has 122 valence electrons. The van der Waals surface area contributed by atoms with E-state index in [1.807, 2.05) is 0 Å². The van der Waals surface area contributed by atoms with Crippen molar-refractivity contribution in [2.45, 2.75) is 0 Å². The molecule has 8 heteroatoms. The number of carboxylic acid groups (broad SMARTS) is 4. The second-order valence-electron chi connectivity index (χ2n) is 4.68. The lowest BCUT2D eigenvalue weighted by Crippen LogP contribution is -2.15. The van der Waals surface area contributed by atoms with Crippen molar-refractivity contribution in [3.05, 3.63) is 58.7 Å². The number of benzene rings is 2. The molecule has 2 aromatic carbocycles. The van der Waals surface area contributed by atoms with Crippen molar-refractivity contribution in [3.8, 4) is 11.1 Å². The predicted octanol–water partition coefficient (Wildman–Crippen LogP) is 2.15. The molecule has 0 saturated carbocycles. The number of rotatable bonds is 5. The van der Waals surface area contributed by atoms with Crippen molar-refractivity contribution in [1.82, 2.24) is 0 Å². The summed E-state index contributed by atoms with van der Waals surface area (Å²) in [6, 6.07) is 6.97. The van der Waals surface area contributed by atoms with Crippen LogP contribution in [0.5, 0.6) is 0 Å². The van der Waals surface area contributed by atoms with Gasteiger partial charge in [0, 0.05) is 5.56 Å². The Labute approximate surface area is 134 Å². The van der Waals surface area contributed by atoms with E-state index < -0.39 is 46.1 Å². The Morgan fingerprint density at radius 3 is 1.58 bits per heavy atom. The lowest BCUT2D eigenvalue weighted by Gasteiger charge is -2.14. The molecule has 0 fully saturated rings. The molecule has 0 atom stereocenters. The lowest BCUT2D eigenvalue weighted by atomic mass is 9.88. The maximum atomic E-state index is 11.6. The van der Waals surface area contributed by atoms with Crippen molar-refractivity contribution in [1.29, 1.82) is 0 Å². The smallest absolute Gasteiger partial charge is 0.337 e. The topological polar surface area (TPSA) is 149 Å². The summed E-state index contributed by atoms with van der Waals surface area (Å²) in [6.07, 6.45) is 0. The van der Waals surface area contributed by atoms with Gasteiger partial charge in [0.2, 0.25) is 0 Å². The number of aromatic carboxylic acids is 4. The van der Waals surface area contributed by atoms with Crippen LogP contribution in [0.2, 0.25) is 0 Å². The van der Waals surface area contributed by atoms with Crippen LogP contribution in [0.3, 0.4) is 0 Å². The quantitative estimate of drug-likeness (QED) is 0.651. The second kappa shape index (κ2) is 6.21. The van der Waals surface area contributed by atoms with Gasteiger partial charge in [0.15, 0.2) is 0 Å². The van der Waals surface area contributed by atoms with E-state index in [2.05, 4.69) is 0 Å². The molecule has 0 bridgehead atoms. The highest BCUT2D eigenvalue weighted by Gasteiger charge is 2.28. The highest BCUT2D eigenvalue weighted by atomic mass is 16.4. The van der Waals surface area contributed by atoms with Gasteiger partial charge in [-0.25, -0.2) is 19.2 Å². The van der Waals surface area contributed by atoms with Crippen molar-refractivity contribution in [3.63, 3.8) is 0 Å². The van der Waals surface area contributed by atoms with Gasteiger partial charge in [-0.15, -0.1) is 0 Å². The van der Waals surface area contributed by atoms with E-state index in [9.17, 15) is 34.5 Å². The molecular formula is C16H10O8. The summed E-state index contributed by atoms with van der Waals surface area (Å²) in [5.41, 5.74) is -2.93. The van der Waals surface area contributed by atoms with Gasteiger partial charge >= 0.3 is 23.9 Å². The third kappa shape index (κ3) is 2.80. The summed E-state index contributed by atoms with van der Waals surface area (Å²) in [5, 5.41) is 37.1. The zero-order valence-electron chi connectivity index (χ0n) is 11.9. The monoisotopic (exact) mass is 330 g/mol. The van der Waals surface area contributed by atoms with Crippen LogP contribution < -0.4 is 0 Å². The first-order valence-corrected chi connectivity index (χ1v) is 6.45. The van der Waals surface area contributed by atoms with Crippen LogP contribution in [0, 0.1) is 0 Å². The molecule has 0 spiro atoms. The zero-order valence-corrected chi connectivity index (χ0v) is 11.9. The number of hydrogen-bond acceptors (Lipinski definition) is 4. The van der Waals surface area contributed by atoms with E-state index in [-0.39, 0.29) is 11.1 Å². The molecule has 0 aliphatic carbocycles. The molecule has 0 saturated heterocycles. The average Bonchev–Trinajstić information content (AvgIpc) is 2.52. The van der Waals surface area contributed by atoms with Crippen molar-refractivity contribution in [2.75, 3.05) is 0 Å². The van der Waals surface area contributed by atoms with E-state index in [0.717, 1.165) is 12.1 Å². The first-order valence-electron chi connectivity index (χ1n) is 6.45. The fourth-order valence-corrected chi connectivity index (χ4v) is 2.35. The number of carbonyl (C=O) groups is 4. The maximum absolute atomic E-state index is 11.6. The van der Waals surface area contributed by atoms with Crippen LogP contribution in [0.1, 0.15) is 41.4 Å². The molecule has 0 heterocycles. The molecule has 2 rings (SSSR count). The summed E-state index contributed by atoms with van der Waals surface area (Å²) in [5.74, 6) is -6.16. The molecule has 2 aromatic rings. The summed E-state index contributed by atoms with van der Waals surface area (Å²) in [7, 11) is 0. The summed E-state index contributed by atoms with van der Waals surface area (Å²) in [6.45, 7) is 0. The molecule has 24 heavy (non-hydrogen) atoms. The number of hydrogen-bond donors (Lipinski definition) is 4. The maximum Gasteiger partial charge on any atom is 0.337 e. The molecule has 0 radical (unpaired) electrons. The molecule has 8 nitrogen and oxygen atoms in total. The number of carboxylic acids is 4. The largest absolute Gasteiger partial charge is 0.478 e. The Balaban J connectivity index is 3.03. The summed E-state index contributed by atoms with van der Waals surface area (Å²) >= 11 is 0. The van der Waals surface area contributed by atoms with Gasteiger partial charge in [-0.2, -0.15) is 0 Å². The van der Waals surface area contributed by atoms with Crippen LogP contribution in [-0.4, -0.2) is 44.3 Å². The van der Waals surface area contributed by atoms with Crippen molar-refractivity contribution in [2.24, 2.45) is 0 Å². The Hall–Kier alpha value is -3.68. The van der Waals surface area contributed by atoms with E-state index in [4.69, 9.17) is 5.11 Å². The highest BCUT2D eigenvalue weighted by Crippen LogP contribution is 2.33. The minimum absolute atomic E-state index is 0.192. The van der Waals surface area contributed by atoms with Crippen LogP contribution in [0.25, 0.3) is 11.1 Å². The van der Waals surface area contributed by atoms with Gasteiger partial charge in [-0.05, 0) is 23.8 Å². The molecule has 0 amide bonds. The highest BCUT2D eigenvalue weighted by molar-refractivity contribution is 6.13. The van der Waals surface area contributed by atoms with E-state index in [1.165, 1.54) is 24.3 Å². The second-order valence-corrected chi connectivity index (χ2v) is 4.68. The van der Waals surface area contributed by atoms with E-state index in [1.54, 1.807) is 0 Å². The predicted molar refractivity (Wildman–Crippen MR) is 79.7 cm³/mol. The van der Waals surface area contributed by atoms with Crippen LogP contribution in [-0.2, 0) is 0 Å². The van der Waals surface area contributed by atoms with Crippen LogP contribution in [0.4, 0.5) is 0 Å². The third-order valence-electron chi connectivity index (χ3n) is 3.31. The van der Waals surface area contributed by atoms with Crippen molar-refractivity contribution >= 4 is 23.9 Å². The van der Waals surface area contributed by atoms with Crippen LogP contribution in [0.15, 0.2) is 36.4 Å². The Morgan fingerprint density at radius 1 is 0.583 bits per heavy atom. The van der Waals surface area contributed by atoms with Crippen LogP contribution >= 0.6 is 0 Å². The van der Waals surface area contributed by atoms with Gasteiger partial charge in [0.1, 0.15) is 0 Å². The van der Waals surface area contributed by atoms with Gasteiger partial charge in [-0.1, -0.05) is 18.2 Å². The molecule has 0 unspecified atom stereocenters. The van der Waals surface area contributed by atoms with Gasteiger partial charge in [-0.3, -0.25) is 0 Å². The molecule has 0 aliphatic rings. The molecular weight excluding hydrogens is 320 g/mol. The Kier molecular flexibility index (Phi) is 4.32. The Morgan fingerprint density at radius 2 is 1.08 bits per heavy atom. The SMILES string of the molecule is O=C(O)c1ccccc1-c1c(C(=O)O)ccc(C(=O)O)c1C(=O)O. The first kappa shape index (κ1) is 16.7. The summed E-state index contributed by atoms with van der Waals surface area (Å²) in [4.78, 5) is 45.7. The lowest BCUT2D eigenvalue weighted by molar-refractivity contribution is 0.0649. The average molecular weight is 330 g/mol. The Bertz CT molecular complexity index is 882. The first-order chi connectivity index (χ1) is 11.3. The molecule has 4 N–H and O–H groups in total.